The number of para-hydroxylation sites is 1. The van der Waals surface area contributed by atoms with E-state index in [0.29, 0.717) is 18.9 Å². The third-order valence-electron chi connectivity index (χ3n) is 4.44. The van der Waals surface area contributed by atoms with E-state index < -0.39 is 0 Å². The average molecular weight is 340 g/mol. The van der Waals surface area contributed by atoms with Crippen LogP contribution in [0.3, 0.4) is 0 Å². The molecule has 25 heavy (non-hydrogen) atoms. The lowest BCUT2D eigenvalue weighted by Crippen LogP contribution is -2.36. The van der Waals surface area contributed by atoms with Crippen molar-refractivity contribution in [3.8, 4) is 0 Å². The molecule has 0 aliphatic carbocycles. The third kappa shape index (κ3) is 3.96. The molecule has 3 rings (SSSR count). The molecule has 132 valence electrons. The molecule has 1 aromatic heterocycles. The molecule has 1 aliphatic rings. The van der Waals surface area contributed by atoms with Gasteiger partial charge in [-0.3, -0.25) is 4.79 Å². The highest BCUT2D eigenvalue weighted by Gasteiger charge is 2.16. The van der Waals surface area contributed by atoms with Crippen molar-refractivity contribution in [2.45, 2.75) is 26.7 Å². The highest BCUT2D eigenvalue weighted by atomic mass is 16.5. The van der Waals surface area contributed by atoms with E-state index in [0.717, 1.165) is 48.6 Å². The summed E-state index contributed by atoms with van der Waals surface area (Å²) in [5.74, 6) is 0.555. The van der Waals surface area contributed by atoms with Crippen LogP contribution in [0, 0.1) is 0 Å². The second-order valence-corrected chi connectivity index (χ2v) is 5.97. The number of hydrogen-bond acceptors (Lipinski definition) is 5. The van der Waals surface area contributed by atoms with Crippen LogP contribution in [0.25, 0.3) is 0 Å². The maximum Gasteiger partial charge on any atom is 0.275 e. The fourth-order valence-electron chi connectivity index (χ4n) is 2.97. The Hall–Kier alpha value is -2.47. The number of ether oxygens (including phenoxy) is 1. The Kier molecular flexibility index (Phi) is 5.60. The molecule has 2 heterocycles. The van der Waals surface area contributed by atoms with E-state index in [2.05, 4.69) is 34.0 Å². The minimum Gasteiger partial charge on any atom is -0.378 e. The van der Waals surface area contributed by atoms with E-state index >= 15 is 0 Å². The Morgan fingerprint density at radius 3 is 2.36 bits per heavy atom. The zero-order valence-electron chi connectivity index (χ0n) is 14.8. The van der Waals surface area contributed by atoms with Gasteiger partial charge in [-0.2, -0.15) is 0 Å². The normalized spacial score (nSPS) is 14.4. The smallest absolute Gasteiger partial charge is 0.275 e. The summed E-state index contributed by atoms with van der Waals surface area (Å²) in [6.07, 6.45) is 4.93. The molecule has 1 saturated heterocycles. The van der Waals surface area contributed by atoms with Crippen LogP contribution >= 0.6 is 0 Å². The topological polar surface area (TPSA) is 67.4 Å². The molecule has 0 unspecified atom stereocenters. The van der Waals surface area contributed by atoms with Gasteiger partial charge in [0.25, 0.3) is 5.91 Å². The summed E-state index contributed by atoms with van der Waals surface area (Å²) in [5, 5.41) is 3.02. The maximum absolute atomic E-state index is 12.6. The maximum atomic E-state index is 12.6. The van der Waals surface area contributed by atoms with Gasteiger partial charge in [-0.15, -0.1) is 0 Å². The summed E-state index contributed by atoms with van der Waals surface area (Å²) in [6, 6.07) is 6.12. The van der Waals surface area contributed by atoms with Crippen molar-refractivity contribution in [3.05, 3.63) is 47.4 Å². The number of nitrogens with zero attached hydrogens (tertiary/aromatic N) is 3. The van der Waals surface area contributed by atoms with E-state index in [4.69, 9.17) is 4.74 Å². The first-order chi connectivity index (χ1) is 12.2. The van der Waals surface area contributed by atoms with Crippen LogP contribution in [0.1, 0.15) is 35.5 Å². The highest BCUT2D eigenvalue weighted by Crippen LogP contribution is 2.23. The standard InChI is InChI=1S/C19H24N4O2/c1-3-14-6-5-7-15(4-2)18(14)22-19(24)16-12-21-17(13-20-16)23-8-10-25-11-9-23/h5-7,12-13H,3-4,8-11H2,1-2H3,(H,22,24). The first-order valence-corrected chi connectivity index (χ1v) is 8.79. The largest absolute Gasteiger partial charge is 0.378 e. The minimum absolute atomic E-state index is 0.225. The van der Waals surface area contributed by atoms with Crippen molar-refractivity contribution >= 4 is 17.4 Å². The Bertz CT molecular complexity index is 702. The van der Waals surface area contributed by atoms with Gasteiger partial charge in [0, 0.05) is 18.8 Å². The van der Waals surface area contributed by atoms with E-state index in [-0.39, 0.29) is 5.91 Å². The Balaban J connectivity index is 1.75. The molecule has 1 fully saturated rings. The van der Waals surface area contributed by atoms with Crippen LogP contribution in [0.4, 0.5) is 11.5 Å². The minimum atomic E-state index is -0.225. The fourth-order valence-corrected chi connectivity index (χ4v) is 2.97. The number of benzene rings is 1. The van der Waals surface area contributed by atoms with Gasteiger partial charge in [0.05, 0.1) is 25.6 Å². The SMILES string of the molecule is CCc1cccc(CC)c1NC(=O)c1cnc(N2CCOCC2)cn1. The molecule has 2 aromatic rings. The number of aromatic nitrogens is 2. The number of nitrogens with one attached hydrogen (secondary N) is 1. The molecule has 1 aliphatic heterocycles. The molecule has 1 aromatic carbocycles. The number of aryl methyl sites for hydroxylation is 2. The first-order valence-electron chi connectivity index (χ1n) is 8.79. The van der Waals surface area contributed by atoms with Gasteiger partial charge in [-0.1, -0.05) is 32.0 Å². The zero-order valence-corrected chi connectivity index (χ0v) is 14.8. The lowest BCUT2D eigenvalue weighted by molar-refractivity contribution is 0.102. The van der Waals surface area contributed by atoms with Gasteiger partial charge in [-0.25, -0.2) is 9.97 Å². The Labute approximate surface area is 148 Å². The van der Waals surface area contributed by atoms with Gasteiger partial charge in [0.2, 0.25) is 0 Å². The van der Waals surface area contributed by atoms with Crippen molar-refractivity contribution in [2.75, 3.05) is 36.5 Å². The van der Waals surface area contributed by atoms with Gasteiger partial charge in [-0.05, 0) is 24.0 Å². The number of rotatable bonds is 5. The summed E-state index contributed by atoms with van der Waals surface area (Å²) in [4.78, 5) is 23.4. The van der Waals surface area contributed by atoms with E-state index in [1.54, 1.807) is 12.4 Å². The number of amides is 1. The predicted molar refractivity (Wildman–Crippen MR) is 98.2 cm³/mol. The van der Waals surface area contributed by atoms with E-state index in [1.807, 2.05) is 18.2 Å². The van der Waals surface area contributed by atoms with Crippen LogP contribution in [-0.4, -0.2) is 42.2 Å². The number of hydrogen-bond donors (Lipinski definition) is 1. The lowest BCUT2D eigenvalue weighted by Gasteiger charge is -2.27. The molecule has 0 radical (unpaired) electrons. The van der Waals surface area contributed by atoms with Crippen molar-refractivity contribution in [3.63, 3.8) is 0 Å². The predicted octanol–water partition coefficient (Wildman–Crippen LogP) is 2.69. The molecule has 0 saturated carbocycles. The number of morpholine rings is 1. The van der Waals surface area contributed by atoms with Crippen LogP contribution in [0.2, 0.25) is 0 Å². The van der Waals surface area contributed by atoms with Crippen LogP contribution in [0.5, 0.6) is 0 Å². The Morgan fingerprint density at radius 2 is 1.80 bits per heavy atom. The summed E-state index contributed by atoms with van der Waals surface area (Å²) in [5.41, 5.74) is 3.48. The quantitative estimate of drug-likeness (QED) is 0.906. The number of anilines is 2. The van der Waals surface area contributed by atoms with Crippen LogP contribution < -0.4 is 10.2 Å². The molecule has 1 N–H and O–H groups in total. The molecule has 0 atom stereocenters. The highest BCUT2D eigenvalue weighted by molar-refractivity contribution is 6.03. The van der Waals surface area contributed by atoms with Gasteiger partial charge in [0.1, 0.15) is 11.5 Å². The van der Waals surface area contributed by atoms with Gasteiger partial charge in [0.15, 0.2) is 0 Å². The lowest BCUT2D eigenvalue weighted by atomic mass is 10.0. The first kappa shape index (κ1) is 17.4. The number of carbonyl (C=O) groups excluding carboxylic acids is 1. The van der Waals surface area contributed by atoms with Gasteiger partial charge < -0.3 is 15.0 Å². The Morgan fingerprint density at radius 1 is 1.12 bits per heavy atom. The second-order valence-electron chi connectivity index (χ2n) is 5.97. The number of carbonyl (C=O) groups is 1. The second kappa shape index (κ2) is 8.07. The molecule has 6 nitrogen and oxygen atoms in total. The summed E-state index contributed by atoms with van der Waals surface area (Å²) in [7, 11) is 0. The van der Waals surface area contributed by atoms with Crippen molar-refractivity contribution in [2.24, 2.45) is 0 Å². The van der Waals surface area contributed by atoms with E-state index in [1.165, 1.54) is 0 Å². The van der Waals surface area contributed by atoms with Crippen molar-refractivity contribution in [1.82, 2.24) is 9.97 Å². The summed E-state index contributed by atoms with van der Waals surface area (Å²) in [6.45, 7) is 7.14. The van der Waals surface area contributed by atoms with E-state index in [9.17, 15) is 4.79 Å². The van der Waals surface area contributed by atoms with Crippen molar-refractivity contribution < 1.29 is 9.53 Å². The average Bonchev–Trinajstić information content (AvgIpc) is 2.69. The summed E-state index contributed by atoms with van der Waals surface area (Å²) < 4.78 is 5.34. The van der Waals surface area contributed by atoms with Gasteiger partial charge >= 0.3 is 0 Å². The third-order valence-corrected chi connectivity index (χ3v) is 4.44. The molecule has 6 heteroatoms. The van der Waals surface area contributed by atoms with Crippen LogP contribution in [0.15, 0.2) is 30.6 Å². The molecular formula is C19H24N4O2. The molecular weight excluding hydrogens is 316 g/mol. The van der Waals surface area contributed by atoms with Crippen LogP contribution in [-0.2, 0) is 17.6 Å². The molecule has 0 spiro atoms. The monoisotopic (exact) mass is 340 g/mol. The fraction of sp³-hybridized carbons (Fsp3) is 0.421. The van der Waals surface area contributed by atoms with Crippen molar-refractivity contribution in [1.29, 1.82) is 0 Å². The zero-order chi connectivity index (χ0) is 17.6. The summed E-state index contributed by atoms with van der Waals surface area (Å²) >= 11 is 0. The molecule has 0 bridgehead atoms. The molecule has 1 amide bonds.